The quantitative estimate of drug-likeness (QED) is 0.896. The Bertz CT molecular complexity index is 761. The maximum absolute atomic E-state index is 12.4. The second-order valence-corrected chi connectivity index (χ2v) is 6.58. The summed E-state index contributed by atoms with van der Waals surface area (Å²) in [5.74, 6) is 0.109. The molecule has 2 atom stereocenters. The second-order valence-electron chi connectivity index (χ2n) is 6.58. The number of ether oxygens (including phenoxy) is 1. The van der Waals surface area contributed by atoms with Crippen LogP contribution in [0.3, 0.4) is 0 Å². The maximum Gasteiger partial charge on any atom is 0.272 e. The van der Waals surface area contributed by atoms with Crippen LogP contribution in [0.2, 0.25) is 0 Å². The number of rotatable bonds is 4. The third kappa shape index (κ3) is 2.84. The molecule has 1 aliphatic heterocycles. The summed E-state index contributed by atoms with van der Waals surface area (Å²) in [5.41, 5.74) is 5.55. The van der Waals surface area contributed by atoms with Gasteiger partial charge in [0.15, 0.2) is 5.69 Å². The molecule has 2 aromatic heterocycles. The molecule has 1 saturated heterocycles. The predicted octanol–water partition coefficient (Wildman–Crippen LogP) is 1.88. The Kier molecular flexibility index (Phi) is 4.45. The number of amides is 1. The molecule has 1 aliphatic rings. The number of carbonyl (C=O) groups excluding carboxylic acids is 1. The fourth-order valence-corrected chi connectivity index (χ4v) is 3.38. The number of hydrogen-bond donors (Lipinski definition) is 2. The molecule has 24 heavy (non-hydrogen) atoms. The molecule has 0 unspecified atom stereocenters. The molecule has 3 heterocycles. The van der Waals surface area contributed by atoms with Crippen molar-refractivity contribution in [3.8, 4) is 0 Å². The van der Waals surface area contributed by atoms with Crippen LogP contribution < -0.4 is 5.32 Å². The van der Waals surface area contributed by atoms with Crippen molar-refractivity contribution < 1.29 is 9.53 Å². The van der Waals surface area contributed by atoms with Crippen LogP contribution in [0, 0.1) is 33.6 Å². The number of aryl methyl sites for hydroxylation is 3. The third-order valence-electron chi connectivity index (χ3n) is 5.06. The van der Waals surface area contributed by atoms with E-state index in [0.717, 1.165) is 34.6 Å². The Balaban J connectivity index is 1.70. The molecule has 1 fully saturated rings. The Morgan fingerprint density at radius 3 is 2.71 bits per heavy atom. The van der Waals surface area contributed by atoms with E-state index in [0.29, 0.717) is 18.8 Å². The van der Waals surface area contributed by atoms with Crippen molar-refractivity contribution in [2.24, 2.45) is 13.0 Å². The molecule has 7 heteroatoms. The van der Waals surface area contributed by atoms with Crippen LogP contribution in [0.4, 0.5) is 0 Å². The van der Waals surface area contributed by atoms with Gasteiger partial charge in [-0.05, 0) is 34.1 Å². The minimum atomic E-state index is -0.137. The molecule has 0 bridgehead atoms. The summed E-state index contributed by atoms with van der Waals surface area (Å²) < 4.78 is 7.85. The average Bonchev–Trinajstić information content (AvgIpc) is 3.19. The first-order valence-corrected chi connectivity index (χ1v) is 8.31. The van der Waals surface area contributed by atoms with Gasteiger partial charge in [-0.2, -0.15) is 10.2 Å². The van der Waals surface area contributed by atoms with Gasteiger partial charge in [-0.15, -0.1) is 0 Å². The summed E-state index contributed by atoms with van der Waals surface area (Å²) in [6.45, 7) is 9.16. The molecule has 0 aromatic carbocycles. The van der Waals surface area contributed by atoms with E-state index in [9.17, 15) is 4.79 Å². The van der Waals surface area contributed by atoms with Crippen molar-refractivity contribution >= 4 is 5.91 Å². The standard InChI is InChI=1S/C17H25N5O2/c1-9-10(2)19-20-15(9)17(23)18-8-13-6-7-24-16(13)14-11(3)21-22(5)12(14)4/h13,16H,6-8H2,1-5H3,(H,18,23)(H,19,20)/t13-,16+/m1/s1. The van der Waals surface area contributed by atoms with E-state index in [1.54, 1.807) is 0 Å². The monoisotopic (exact) mass is 331 g/mol. The maximum atomic E-state index is 12.4. The van der Waals surface area contributed by atoms with Crippen molar-refractivity contribution in [2.45, 2.75) is 40.2 Å². The Morgan fingerprint density at radius 2 is 2.12 bits per heavy atom. The predicted molar refractivity (Wildman–Crippen MR) is 89.9 cm³/mol. The smallest absolute Gasteiger partial charge is 0.272 e. The second kappa shape index (κ2) is 6.39. The van der Waals surface area contributed by atoms with Crippen LogP contribution in [0.25, 0.3) is 0 Å². The van der Waals surface area contributed by atoms with Gasteiger partial charge in [-0.1, -0.05) is 0 Å². The van der Waals surface area contributed by atoms with Crippen LogP contribution in [-0.4, -0.2) is 39.0 Å². The van der Waals surface area contributed by atoms with E-state index in [2.05, 4.69) is 27.5 Å². The number of nitrogens with zero attached hydrogens (tertiary/aromatic N) is 3. The van der Waals surface area contributed by atoms with Crippen molar-refractivity contribution in [2.75, 3.05) is 13.2 Å². The van der Waals surface area contributed by atoms with Crippen molar-refractivity contribution in [3.63, 3.8) is 0 Å². The van der Waals surface area contributed by atoms with Gasteiger partial charge < -0.3 is 10.1 Å². The number of aromatic nitrogens is 4. The summed E-state index contributed by atoms with van der Waals surface area (Å²) >= 11 is 0. The number of carbonyl (C=O) groups is 1. The highest BCUT2D eigenvalue weighted by Gasteiger charge is 2.34. The van der Waals surface area contributed by atoms with Crippen molar-refractivity contribution in [1.29, 1.82) is 0 Å². The van der Waals surface area contributed by atoms with Crippen LogP contribution >= 0.6 is 0 Å². The molecule has 0 aliphatic carbocycles. The van der Waals surface area contributed by atoms with Gasteiger partial charge in [0.2, 0.25) is 0 Å². The largest absolute Gasteiger partial charge is 0.373 e. The Morgan fingerprint density at radius 1 is 1.38 bits per heavy atom. The van der Waals surface area contributed by atoms with E-state index in [1.165, 1.54) is 0 Å². The molecule has 2 N–H and O–H groups in total. The van der Waals surface area contributed by atoms with Gasteiger partial charge in [0.05, 0.1) is 11.8 Å². The Labute approximate surface area is 141 Å². The summed E-state index contributed by atoms with van der Waals surface area (Å²) in [6.07, 6.45) is 0.915. The van der Waals surface area contributed by atoms with Gasteiger partial charge in [0.25, 0.3) is 5.91 Å². The summed E-state index contributed by atoms with van der Waals surface area (Å²) in [5, 5.41) is 14.4. The van der Waals surface area contributed by atoms with E-state index in [-0.39, 0.29) is 17.9 Å². The SMILES string of the molecule is Cc1nn(C)c(C)c1[C@H]1OCC[C@@H]1CNC(=O)c1n[nH]c(C)c1C. The fourth-order valence-electron chi connectivity index (χ4n) is 3.38. The molecule has 2 aromatic rings. The molecular weight excluding hydrogens is 306 g/mol. The zero-order valence-corrected chi connectivity index (χ0v) is 14.9. The molecular formula is C17H25N5O2. The van der Waals surface area contributed by atoms with E-state index >= 15 is 0 Å². The van der Waals surface area contributed by atoms with Crippen LogP contribution in [0.5, 0.6) is 0 Å². The number of nitrogens with one attached hydrogen (secondary N) is 2. The molecule has 1 amide bonds. The van der Waals surface area contributed by atoms with Crippen molar-refractivity contribution in [3.05, 3.63) is 33.9 Å². The van der Waals surface area contributed by atoms with Crippen LogP contribution in [0.15, 0.2) is 0 Å². The molecule has 130 valence electrons. The summed E-state index contributed by atoms with van der Waals surface area (Å²) in [4.78, 5) is 12.4. The van der Waals surface area contributed by atoms with Crippen LogP contribution in [0.1, 0.15) is 51.2 Å². The molecule has 0 saturated carbocycles. The zero-order chi connectivity index (χ0) is 17.4. The van der Waals surface area contributed by atoms with Gasteiger partial charge >= 0.3 is 0 Å². The molecule has 3 rings (SSSR count). The minimum Gasteiger partial charge on any atom is -0.373 e. The molecule has 0 radical (unpaired) electrons. The average molecular weight is 331 g/mol. The number of aromatic amines is 1. The van der Waals surface area contributed by atoms with E-state index in [1.807, 2.05) is 32.5 Å². The molecule has 7 nitrogen and oxygen atoms in total. The lowest BCUT2D eigenvalue weighted by Gasteiger charge is -2.19. The topological polar surface area (TPSA) is 84.8 Å². The first-order valence-electron chi connectivity index (χ1n) is 8.31. The van der Waals surface area contributed by atoms with Gasteiger partial charge in [-0.25, -0.2) is 0 Å². The highest BCUT2D eigenvalue weighted by molar-refractivity contribution is 5.93. The summed E-state index contributed by atoms with van der Waals surface area (Å²) in [6, 6.07) is 0. The zero-order valence-electron chi connectivity index (χ0n) is 14.9. The van der Waals surface area contributed by atoms with E-state index in [4.69, 9.17) is 4.74 Å². The van der Waals surface area contributed by atoms with Crippen LogP contribution in [-0.2, 0) is 11.8 Å². The number of hydrogen-bond acceptors (Lipinski definition) is 4. The van der Waals surface area contributed by atoms with Crippen molar-refractivity contribution in [1.82, 2.24) is 25.3 Å². The minimum absolute atomic E-state index is 0.0129. The van der Waals surface area contributed by atoms with Gasteiger partial charge in [0, 0.05) is 48.6 Å². The first kappa shape index (κ1) is 16.7. The normalized spacial score (nSPS) is 20.5. The highest BCUT2D eigenvalue weighted by Crippen LogP contribution is 2.37. The lowest BCUT2D eigenvalue weighted by Crippen LogP contribution is -2.31. The van der Waals surface area contributed by atoms with Gasteiger partial charge in [-0.3, -0.25) is 14.6 Å². The lowest BCUT2D eigenvalue weighted by atomic mass is 9.94. The Hall–Kier alpha value is -2.15. The van der Waals surface area contributed by atoms with E-state index < -0.39 is 0 Å². The third-order valence-corrected chi connectivity index (χ3v) is 5.06. The first-order chi connectivity index (χ1) is 11.4. The van der Waals surface area contributed by atoms with Gasteiger partial charge in [0.1, 0.15) is 0 Å². The number of H-pyrrole nitrogens is 1. The molecule has 0 spiro atoms. The summed E-state index contributed by atoms with van der Waals surface area (Å²) in [7, 11) is 1.94. The fraction of sp³-hybridized carbons (Fsp3) is 0.588. The lowest BCUT2D eigenvalue weighted by molar-refractivity contribution is 0.0837. The highest BCUT2D eigenvalue weighted by atomic mass is 16.5.